The Bertz CT molecular complexity index is 1810. The van der Waals surface area contributed by atoms with Crippen LogP contribution in [0.15, 0.2) is 47.0 Å². The fourth-order valence-corrected chi connectivity index (χ4v) is 6.16. The number of ether oxygens (including phenoxy) is 2. The van der Waals surface area contributed by atoms with Gasteiger partial charge in [-0.1, -0.05) is 6.07 Å². The number of carbonyl (C=O) groups excluding carboxylic acids is 1. The van der Waals surface area contributed by atoms with Gasteiger partial charge < -0.3 is 34.6 Å². The zero-order chi connectivity index (χ0) is 29.5. The molecule has 0 aliphatic heterocycles. The second kappa shape index (κ2) is 11.2. The van der Waals surface area contributed by atoms with Crippen LogP contribution in [0.3, 0.4) is 0 Å². The van der Waals surface area contributed by atoms with Crippen LogP contribution in [0.1, 0.15) is 61.2 Å². The number of nitrogens with zero attached hydrogens (tertiary/aromatic N) is 3. The van der Waals surface area contributed by atoms with Crippen molar-refractivity contribution in [3.8, 4) is 22.8 Å². The minimum absolute atomic E-state index is 0.0822. The number of aromatic nitrogens is 4. The molecule has 43 heavy (non-hydrogen) atoms. The van der Waals surface area contributed by atoms with Crippen LogP contribution in [0.5, 0.6) is 11.6 Å². The maximum atomic E-state index is 12.9. The zero-order valence-electron chi connectivity index (χ0n) is 24.1. The first kappa shape index (κ1) is 27.2. The lowest BCUT2D eigenvalue weighted by Gasteiger charge is -2.18. The Balaban J connectivity index is 1.21. The lowest BCUT2D eigenvalue weighted by atomic mass is 10.1. The van der Waals surface area contributed by atoms with Crippen LogP contribution in [-0.2, 0) is 0 Å². The highest BCUT2D eigenvalue weighted by molar-refractivity contribution is 5.99. The molecular weight excluding hydrogens is 548 g/mol. The third-order valence-electron chi connectivity index (χ3n) is 8.39. The molecule has 2 aromatic carbocycles. The van der Waals surface area contributed by atoms with Gasteiger partial charge in [0.2, 0.25) is 11.8 Å². The Morgan fingerprint density at radius 2 is 1.91 bits per heavy atom. The van der Waals surface area contributed by atoms with Crippen molar-refractivity contribution in [2.75, 3.05) is 12.4 Å². The Kier molecular flexibility index (Phi) is 7.10. The molecule has 2 aliphatic carbocycles. The number of oxazole rings is 1. The molecule has 11 nitrogen and oxygen atoms in total. The van der Waals surface area contributed by atoms with Gasteiger partial charge in [0, 0.05) is 24.2 Å². The Hall–Kier alpha value is -4.64. The summed E-state index contributed by atoms with van der Waals surface area (Å²) in [5, 5.41) is 17.1. The van der Waals surface area contributed by atoms with Crippen molar-refractivity contribution in [1.29, 1.82) is 0 Å². The number of methoxy groups -OCH3 is 1. The summed E-state index contributed by atoms with van der Waals surface area (Å²) < 4.78 is 17.9. The van der Waals surface area contributed by atoms with E-state index in [1.807, 2.05) is 31.3 Å². The molecule has 2 atom stereocenters. The quantitative estimate of drug-likeness (QED) is 0.178. The molecule has 4 N–H and O–H groups in total. The average Bonchev–Trinajstić information content (AvgIpc) is 3.81. The van der Waals surface area contributed by atoms with Gasteiger partial charge in [0.15, 0.2) is 11.5 Å². The fourth-order valence-electron chi connectivity index (χ4n) is 6.16. The second-order valence-corrected chi connectivity index (χ2v) is 11.3. The van der Waals surface area contributed by atoms with Gasteiger partial charge in [-0.3, -0.25) is 4.79 Å². The maximum absolute atomic E-state index is 12.9. The molecular formula is C32H34N6O5. The van der Waals surface area contributed by atoms with Crippen LogP contribution in [0.2, 0.25) is 0 Å². The van der Waals surface area contributed by atoms with Gasteiger partial charge in [-0.05, 0) is 80.8 Å². The number of hydrogen-bond donors (Lipinski definition) is 4. The maximum Gasteiger partial charge on any atom is 0.251 e. The second-order valence-electron chi connectivity index (χ2n) is 11.3. The summed E-state index contributed by atoms with van der Waals surface area (Å²) in [6.07, 6.45) is 8.05. The number of aliphatic hydroxyl groups excluding tert-OH is 1. The van der Waals surface area contributed by atoms with Crippen molar-refractivity contribution in [3.05, 3.63) is 54.0 Å². The van der Waals surface area contributed by atoms with E-state index < -0.39 is 6.10 Å². The molecule has 2 fully saturated rings. The van der Waals surface area contributed by atoms with Crippen molar-refractivity contribution in [1.82, 2.24) is 25.3 Å². The van der Waals surface area contributed by atoms with Gasteiger partial charge in [-0.25, -0.2) is 4.98 Å². The van der Waals surface area contributed by atoms with E-state index in [2.05, 4.69) is 20.6 Å². The van der Waals surface area contributed by atoms with E-state index >= 15 is 0 Å². The molecule has 1 amide bonds. The van der Waals surface area contributed by atoms with Gasteiger partial charge >= 0.3 is 0 Å². The van der Waals surface area contributed by atoms with Crippen molar-refractivity contribution >= 4 is 39.7 Å². The number of aryl methyl sites for hydroxylation is 1. The van der Waals surface area contributed by atoms with Crippen LogP contribution >= 0.6 is 0 Å². The summed E-state index contributed by atoms with van der Waals surface area (Å²) in [4.78, 5) is 30.2. The lowest BCUT2D eigenvalue weighted by molar-refractivity contribution is 0.0873. The molecule has 3 heterocycles. The van der Waals surface area contributed by atoms with Gasteiger partial charge in [0.25, 0.3) is 5.91 Å². The van der Waals surface area contributed by atoms with Crippen LogP contribution in [-0.4, -0.2) is 56.3 Å². The molecule has 222 valence electrons. The molecule has 0 spiro atoms. The van der Waals surface area contributed by atoms with Crippen LogP contribution in [0.4, 0.5) is 11.6 Å². The third-order valence-corrected chi connectivity index (χ3v) is 8.39. The Morgan fingerprint density at radius 1 is 1.05 bits per heavy atom. The zero-order valence-corrected chi connectivity index (χ0v) is 24.1. The van der Waals surface area contributed by atoms with Crippen LogP contribution in [0, 0.1) is 6.92 Å². The largest absolute Gasteiger partial charge is 0.495 e. The molecule has 3 aromatic heterocycles. The van der Waals surface area contributed by atoms with E-state index in [1.165, 1.54) is 0 Å². The SMILES string of the molecule is COc1cc(C(=O)NC2CCCC2O)ccc1Nc1nc(OC2CCCC2)c2c(-c3ccc4nc(C)oc4c3)c[nH]c2n1. The minimum Gasteiger partial charge on any atom is -0.495 e. The first-order valence-electron chi connectivity index (χ1n) is 14.8. The van der Waals surface area contributed by atoms with E-state index in [-0.39, 0.29) is 18.1 Å². The average molecular weight is 583 g/mol. The van der Waals surface area contributed by atoms with E-state index in [4.69, 9.17) is 23.9 Å². The number of amides is 1. The summed E-state index contributed by atoms with van der Waals surface area (Å²) >= 11 is 0. The molecule has 7 rings (SSSR count). The first-order chi connectivity index (χ1) is 20.9. The van der Waals surface area contributed by atoms with Crippen molar-refractivity contribution in [3.63, 3.8) is 0 Å². The molecule has 0 saturated heterocycles. The summed E-state index contributed by atoms with van der Waals surface area (Å²) in [5.41, 5.74) is 5.03. The van der Waals surface area contributed by atoms with Crippen LogP contribution < -0.4 is 20.1 Å². The number of carbonyl (C=O) groups is 1. The summed E-state index contributed by atoms with van der Waals surface area (Å²) in [6.45, 7) is 1.83. The fraction of sp³-hybridized carbons (Fsp3) is 0.375. The summed E-state index contributed by atoms with van der Waals surface area (Å²) in [7, 11) is 1.55. The monoisotopic (exact) mass is 582 g/mol. The van der Waals surface area contributed by atoms with Crippen molar-refractivity contribution in [2.24, 2.45) is 0 Å². The normalized spacial score (nSPS) is 18.9. The number of benzene rings is 2. The minimum atomic E-state index is -0.512. The molecule has 5 aromatic rings. The number of rotatable bonds is 8. The van der Waals surface area contributed by atoms with E-state index in [0.717, 1.165) is 60.6 Å². The number of nitrogens with one attached hydrogen (secondary N) is 3. The van der Waals surface area contributed by atoms with E-state index in [9.17, 15) is 9.90 Å². The van der Waals surface area contributed by atoms with E-state index in [1.54, 1.807) is 25.3 Å². The first-order valence-corrected chi connectivity index (χ1v) is 14.8. The van der Waals surface area contributed by atoms with Gasteiger partial charge in [0.1, 0.15) is 23.0 Å². The standard InChI is InChI=1S/C32H34N6O5/c1-17-34-24-12-10-18(14-27(24)42-17)21-16-33-29-28(21)31(43-20-6-3-4-7-20)38-32(37-29)36-23-13-11-19(15-26(23)41-2)30(40)35-22-8-5-9-25(22)39/h10-16,20,22,25,39H,3-9H2,1-2H3,(H,35,40)(H2,33,36,37,38). The van der Waals surface area contributed by atoms with Crippen molar-refractivity contribution < 1.29 is 23.8 Å². The molecule has 11 heteroatoms. The van der Waals surface area contributed by atoms with Crippen molar-refractivity contribution in [2.45, 2.75) is 70.1 Å². The third kappa shape index (κ3) is 5.36. The van der Waals surface area contributed by atoms with Gasteiger partial charge in [-0.15, -0.1) is 0 Å². The molecule has 2 aliphatic rings. The molecule has 0 radical (unpaired) electrons. The number of H-pyrrole nitrogens is 1. The summed E-state index contributed by atoms with van der Waals surface area (Å²) in [6, 6.07) is 10.8. The number of hydrogen-bond acceptors (Lipinski definition) is 9. The van der Waals surface area contributed by atoms with E-state index in [0.29, 0.717) is 52.4 Å². The highest BCUT2D eigenvalue weighted by atomic mass is 16.5. The predicted octanol–water partition coefficient (Wildman–Crippen LogP) is 5.79. The van der Waals surface area contributed by atoms with Crippen LogP contribution in [0.25, 0.3) is 33.3 Å². The summed E-state index contributed by atoms with van der Waals surface area (Å²) in [5.74, 6) is 1.66. The Morgan fingerprint density at radius 3 is 2.70 bits per heavy atom. The molecule has 2 saturated carbocycles. The number of aromatic amines is 1. The highest BCUT2D eigenvalue weighted by Crippen LogP contribution is 2.38. The topological polar surface area (TPSA) is 147 Å². The molecule has 0 bridgehead atoms. The smallest absolute Gasteiger partial charge is 0.251 e. The number of fused-ring (bicyclic) bond motifs is 2. The van der Waals surface area contributed by atoms with Gasteiger partial charge in [0.05, 0.1) is 30.3 Å². The number of anilines is 2. The lowest BCUT2D eigenvalue weighted by Crippen LogP contribution is -2.39. The number of aliphatic hydroxyl groups is 1. The van der Waals surface area contributed by atoms with Gasteiger partial charge in [-0.2, -0.15) is 9.97 Å². The predicted molar refractivity (Wildman–Crippen MR) is 162 cm³/mol. The Labute approximate surface area is 248 Å². The molecule has 2 unspecified atom stereocenters. The highest BCUT2D eigenvalue weighted by Gasteiger charge is 2.27.